The highest BCUT2D eigenvalue weighted by Gasteiger charge is 2.24. The van der Waals surface area contributed by atoms with Gasteiger partial charge in [-0.05, 0) is 42.9 Å². The molecular weight excluding hydrogens is 288 g/mol. The summed E-state index contributed by atoms with van der Waals surface area (Å²) in [5.74, 6) is 0.335. The number of aryl methyl sites for hydroxylation is 2. The van der Waals surface area contributed by atoms with Crippen molar-refractivity contribution >= 4 is 17.5 Å². The third-order valence-corrected chi connectivity index (χ3v) is 4.04. The average molecular weight is 310 g/mol. The first kappa shape index (κ1) is 15.5. The Morgan fingerprint density at radius 3 is 2.48 bits per heavy atom. The fourth-order valence-corrected chi connectivity index (χ4v) is 2.55. The third kappa shape index (κ3) is 3.67. The van der Waals surface area contributed by atoms with Gasteiger partial charge in [-0.1, -0.05) is 32.0 Å². The molecule has 1 fully saturated rings. The van der Waals surface area contributed by atoms with E-state index in [1.165, 1.54) is 11.1 Å². The van der Waals surface area contributed by atoms with Crippen molar-refractivity contribution in [2.75, 3.05) is 5.32 Å². The Bertz CT molecular complexity index is 688. The zero-order valence-electron chi connectivity index (χ0n) is 13.6. The Labute approximate surface area is 136 Å². The second-order valence-corrected chi connectivity index (χ2v) is 5.80. The van der Waals surface area contributed by atoms with Crippen molar-refractivity contribution in [2.45, 2.75) is 45.6 Å². The summed E-state index contributed by atoms with van der Waals surface area (Å²) in [7, 11) is 0. The van der Waals surface area contributed by atoms with Crippen LogP contribution >= 0.6 is 0 Å². The van der Waals surface area contributed by atoms with Crippen LogP contribution in [0.4, 0.5) is 11.6 Å². The lowest BCUT2D eigenvalue weighted by atomic mass is 10.0. The van der Waals surface area contributed by atoms with Crippen molar-refractivity contribution in [1.82, 2.24) is 15.3 Å². The van der Waals surface area contributed by atoms with Crippen LogP contribution in [-0.4, -0.2) is 21.9 Å². The molecule has 0 bridgehead atoms. The number of amides is 1. The van der Waals surface area contributed by atoms with Gasteiger partial charge in [-0.2, -0.15) is 0 Å². The lowest BCUT2D eigenvalue weighted by molar-refractivity contribution is 0.0946. The number of carbonyl (C=O) groups excluding carboxylic acids is 1. The quantitative estimate of drug-likeness (QED) is 0.859. The molecule has 120 valence electrons. The molecule has 0 unspecified atom stereocenters. The van der Waals surface area contributed by atoms with E-state index >= 15 is 0 Å². The predicted molar refractivity (Wildman–Crippen MR) is 91.0 cm³/mol. The smallest absolute Gasteiger partial charge is 0.270 e. The van der Waals surface area contributed by atoms with E-state index in [1.54, 1.807) is 12.3 Å². The second-order valence-electron chi connectivity index (χ2n) is 5.80. The van der Waals surface area contributed by atoms with Crippen LogP contribution in [0.5, 0.6) is 0 Å². The number of rotatable bonds is 6. The Hall–Kier alpha value is -2.43. The molecule has 0 saturated heterocycles. The minimum absolute atomic E-state index is 0.127. The molecule has 1 saturated carbocycles. The molecule has 1 amide bonds. The Morgan fingerprint density at radius 1 is 1.17 bits per heavy atom. The fourth-order valence-electron chi connectivity index (χ4n) is 2.55. The lowest BCUT2D eigenvalue weighted by Gasteiger charge is -2.14. The molecule has 23 heavy (non-hydrogen) atoms. The molecule has 1 aliphatic carbocycles. The number of hydrogen-bond acceptors (Lipinski definition) is 4. The second kappa shape index (κ2) is 6.77. The maximum absolute atomic E-state index is 12.1. The first-order chi connectivity index (χ1) is 11.2. The van der Waals surface area contributed by atoms with E-state index in [9.17, 15) is 4.79 Å². The van der Waals surface area contributed by atoms with E-state index in [2.05, 4.69) is 52.6 Å². The first-order valence-corrected chi connectivity index (χ1v) is 8.23. The molecule has 0 atom stereocenters. The molecule has 2 N–H and O–H groups in total. The van der Waals surface area contributed by atoms with Gasteiger partial charge in [0.2, 0.25) is 5.95 Å². The SMILES string of the molecule is CCc1cccc(CC)c1Nc1nccc(C(=O)NC2CC2)n1. The minimum atomic E-state index is -0.127. The van der Waals surface area contributed by atoms with Gasteiger partial charge in [-0.25, -0.2) is 9.97 Å². The molecule has 1 heterocycles. The Kier molecular flexibility index (Phi) is 4.55. The monoisotopic (exact) mass is 310 g/mol. The van der Waals surface area contributed by atoms with Crippen LogP contribution < -0.4 is 10.6 Å². The van der Waals surface area contributed by atoms with Gasteiger partial charge < -0.3 is 10.6 Å². The summed E-state index contributed by atoms with van der Waals surface area (Å²) in [6, 6.07) is 8.25. The topological polar surface area (TPSA) is 66.9 Å². The predicted octanol–water partition coefficient (Wildman–Crippen LogP) is 3.24. The van der Waals surface area contributed by atoms with Crippen molar-refractivity contribution in [1.29, 1.82) is 0 Å². The van der Waals surface area contributed by atoms with Crippen LogP contribution in [-0.2, 0) is 12.8 Å². The standard InChI is InChI=1S/C18H22N4O/c1-3-12-6-5-7-13(4-2)16(12)22-18-19-11-10-15(21-18)17(23)20-14-8-9-14/h5-7,10-11,14H,3-4,8-9H2,1-2H3,(H,20,23)(H,19,21,22). The summed E-state index contributed by atoms with van der Waals surface area (Å²) in [5.41, 5.74) is 3.90. The number of nitrogens with one attached hydrogen (secondary N) is 2. The van der Waals surface area contributed by atoms with E-state index in [1.807, 2.05) is 0 Å². The maximum Gasteiger partial charge on any atom is 0.270 e. The van der Waals surface area contributed by atoms with E-state index in [0.29, 0.717) is 17.7 Å². The molecule has 0 radical (unpaired) electrons. The summed E-state index contributed by atoms with van der Waals surface area (Å²) in [6.07, 6.45) is 5.60. The largest absolute Gasteiger partial charge is 0.348 e. The summed E-state index contributed by atoms with van der Waals surface area (Å²) < 4.78 is 0. The first-order valence-electron chi connectivity index (χ1n) is 8.23. The number of carbonyl (C=O) groups is 1. The molecule has 0 aliphatic heterocycles. The zero-order valence-corrected chi connectivity index (χ0v) is 13.6. The number of nitrogens with zero attached hydrogens (tertiary/aromatic N) is 2. The van der Waals surface area contributed by atoms with E-state index in [-0.39, 0.29) is 5.91 Å². The van der Waals surface area contributed by atoms with Crippen LogP contribution in [0.25, 0.3) is 0 Å². The van der Waals surface area contributed by atoms with Gasteiger partial charge in [-0.15, -0.1) is 0 Å². The molecule has 1 aliphatic rings. The molecule has 1 aromatic heterocycles. The van der Waals surface area contributed by atoms with Crippen molar-refractivity contribution in [3.05, 3.63) is 47.3 Å². The fraction of sp³-hybridized carbons (Fsp3) is 0.389. The summed E-state index contributed by atoms with van der Waals surface area (Å²) >= 11 is 0. The summed E-state index contributed by atoms with van der Waals surface area (Å²) in [5, 5.41) is 6.25. The van der Waals surface area contributed by atoms with Gasteiger partial charge in [0.25, 0.3) is 5.91 Å². The molecule has 3 rings (SSSR count). The molecule has 2 aromatic rings. The molecule has 5 nitrogen and oxygen atoms in total. The third-order valence-electron chi connectivity index (χ3n) is 4.04. The number of benzene rings is 1. The van der Waals surface area contributed by atoms with Gasteiger partial charge in [-0.3, -0.25) is 4.79 Å². The maximum atomic E-state index is 12.1. The number of aromatic nitrogens is 2. The average Bonchev–Trinajstić information content (AvgIpc) is 3.39. The zero-order chi connectivity index (χ0) is 16.2. The van der Waals surface area contributed by atoms with Crippen molar-refractivity contribution < 1.29 is 4.79 Å². The highest BCUT2D eigenvalue weighted by Crippen LogP contribution is 2.25. The minimum Gasteiger partial charge on any atom is -0.348 e. The van der Waals surface area contributed by atoms with E-state index in [0.717, 1.165) is 31.4 Å². The van der Waals surface area contributed by atoms with Crippen LogP contribution in [0, 0.1) is 0 Å². The van der Waals surface area contributed by atoms with Crippen molar-refractivity contribution in [3.8, 4) is 0 Å². The van der Waals surface area contributed by atoms with Gasteiger partial charge in [0.05, 0.1) is 0 Å². The van der Waals surface area contributed by atoms with Crippen LogP contribution in [0.2, 0.25) is 0 Å². The lowest BCUT2D eigenvalue weighted by Crippen LogP contribution is -2.26. The van der Waals surface area contributed by atoms with Crippen LogP contribution in [0.1, 0.15) is 48.3 Å². The van der Waals surface area contributed by atoms with E-state index < -0.39 is 0 Å². The van der Waals surface area contributed by atoms with Crippen molar-refractivity contribution in [2.24, 2.45) is 0 Å². The van der Waals surface area contributed by atoms with Gasteiger partial charge in [0.1, 0.15) is 5.69 Å². The number of para-hydroxylation sites is 1. The summed E-state index contributed by atoms with van der Waals surface area (Å²) in [4.78, 5) is 20.7. The van der Waals surface area contributed by atoms with Gasteiger partial charge in [0, 0.05) is 17.9 Å². The van der Waals surface area contributed by atoms with Crippen molar-refractivity contribution in [3.63, 3.8) is 0 Å². The van der Waals surface area contributed by atoms with Gasteiger partial charge >= 0.3 is 0 Å². The summed E-state index contributed by atoms with van der Waals surface area (Å²) in [6.45, 7) is 4.25. The molecule has 1 aromatic carbocycles. The highest BCUT2D eigenvalue weighted by molar-refractivity contribution is 5.92. The molecular formula is C18H22N4O. The number of anilines is 2. The molecule has 0 spiro atoms. The number of hydrogen-bond donors (Lipinski definition) is 2. The Morgan fingerprint density at radius 2 is 1.87 bits per heavy atom. The highest BCUT2D eigenvalue weighted by atomic mass is 16.2. The molecule has 5 heteroatoms. The Balaban J connectivity index is 1.84. The normalized spacial score (nSPS) is 13.7. The van der Waals surface area contributed by atoms with Gasteiger partial charge in [0.15, 0.2) is 0 Å². The van der Waals surface area contributed by atoms with Crippen LogP contribution in [0.3, 0.4) is 0 Å². The van der Waals surface area contributed by atoms with E-state index in [4.69, 9.17) is 0 Å². The van der Waals surface area contributed by atoms with Crippen LogP contribution in [0.15, 0.2) is 30.5 Å².